The Morgan fingerprint density at radius 2 is 1.74 bits per heavy atom. The zero-order valence-electron chi connectivity index (χ0n) is 17.9. The molecule has 2 saturated heterocycles. The van der Waals surface area contributed by atoms with Crippen molar-refractivity contribution in [3.05, 3.63) is 0 Å². The standard InChI is InChI=1S/C20H41N5O.HI/c1-20(2,25-10-6-5-7-11-25)17-23-19(21-3)22-16-18-8-12-24(13-9-18)14-15-26-4;/h18H,5-17H2,1-4H3,(H2,21,22,23);1H. The molecule has 0 aromatic heterocycles. The van der Waals surface area contributed by atoms with Crippen molar-refractivity contribution in [2.24, 2.45) is 10.9 Å². The molecule has 0 aromatic carbocycles. The highest BCUT2D eigenvalue weighted by Gasteiger charge is 2.28. The molecule has 0 aliphatic carbocycles. The van der Waals surface area contributed by atoms with Crippen molar-refractivity contribution in [2.45, 2.75) is 51.5 Å². The molecule has 0 aromatic rings. The summed E-state index contributed by atoms with van der Waals surface area (Å²) in [5.74, 6) is 1.68. The highest BCUT2D eigenvalue weighted by molar-refractivity contribution is 14.0. The number of ether oxygens (including phenoxy) is 1. The molecule has 0 saturated carbocycles. The minimum Gasteiger partial charge on any atom is -0.383 e. The smallest absolute Gasteiger partial charge is 0.191 e. The Hall–Kier alpha value is -0.120. The Bertz CT molecular complexity index is 419. The van der Waals surface area contributed by atoms with E-state index in [-0.39, 0.29) is 29.5 Å². The van der Waals surface area contributed by atoms with Gasteiger partial charge in [0.2, 0.25) is 0 Å². The first-order chi connectivity index (χ1) is 12.5. The lowest BCUT2D eigenvalue weighted by Gasteiger charge is -2.41. The van der Waals surface area contributed by atoms with Crippen LogP contribution < -0.4 is 10.6 Å². The number of hydrogen-bond acceptors (Lipinski definition) is 4. The second kappa shape index (κ2) is 13.2. The van der Waals surface area contributed by atoms with Gasteiger partial charge in [-0.1, -0.05) is 6.42 Å². The molecule has 27 heavy (non-hydrogen) atoms. The Morgan fingerprint density at radius 3 is 2.33 bits per heavy atom. The van der Waals surface area contributed by atoms with Gasteiger partial charge in [0.15, 0.2) is 5.96 Å². The molecule has 2 rings (SSSR count). The van der Waals surface area contributed by atoms with Crippen molar-refractivity contribution in [1.82, 2.24) is 20.4 Å². The average Bonchev–Trinajstić information content (AvgIpc) is 2.68. The fourth-order valence-electron chi connectivity index (χ4n) is 4.01. The lowest BCUT2D eigenvalue weighted by atomic mass is 9.97. The van der Waals surface area contributed by atoms with E-state index in [0.717, 1.165) is 38.1 Å². The van der Waals surface area contributed by atoms with Crippen LogP contribution in [0, 0.1) is 5.92 Å². The van der Waals surface area contributed by atoms with Crippen LogP contribution in [0.2, 0.25) is 0 Å². The molecule has 2 heterocycles. The number of nitrogens with one attached hydrogen (secondary N) is 2. The molecular formula is C20H42IN5O. The minimum absolute atomic E-state index is 0. The second-order valence-electron chi connectivity index (χ2n) is 8.44. The van der Waals surface area contributed by atoms with Gasteiger partial charge in [-0.2, -0.15) is 0 Å². The zero-order chi connectivity index (χ0) is 18.8. The predicted octanol–water partition coefficient (Wildman–Crippen LogP) is 2.39. The quantitative estimate of drug-likeness (QED) is 0.308. The fourth-order valence-corrected chi connectivity index (χ4v) is 4.01. The van der Waals surface area contributed by atoms with E-state index in [1.165, 1.54) is 58.3 Å². The SMILES string of the molecule is CN=C(NCC1CCN(CCOC)CC1)NCC(C)(C)N1CCCCC1.I. The molecule has 2 aliphatic rings. The molecule has 0 spiro atoms. The third-order valence-electron chi connectivity index (χ3n) is 6.00. The summed E-state index contributed by atoms with van der Waals surface area (Å²) in [5.41, 5.74) is 0.171. The molecular weight excluding hydrogens is 453 g/mol. The van der Waals surface area contributed by atoms with E-state index in [9.17, 15) is 0 Å². The highest BCUT2D eigenvalue weighted by Crippen LogP contribution is 2.20. The number of guanidine groups is 1. The van der Waals surface area contributed by atoms with Crippen molar-refractivity contribution in [3.63, 3.8) is 0 Å². The van der Waals surface area contributed by atoms with E-state index in [1.807, 2.05) is 7.05 Å². The van der Waals surface area contributed by atoms with Crippen LogP contribution in [0.15, 0.2) is 4.99 Å². The maximum atomic E-state index is 5.18. The minimum atomic E-state index is 0. The second-order valence-corrected chi connectivity index (χ2v) is 8.44. The number of likely N-dealkylation sites (tertiary alicyclic amines) is 2. The van der Waals surface area contributed by atoms with Crippen molar-refractivity contribution >= 4 is 29.9 Å². The van der Waals surface area contributed by atoms with Gasteiger partial charge in [0.25, 0.3) is 0 Å². The van der Waals surface area contributed by atoms with Crippen molar-refractivity contribution < 1.29 is 4.74 Å². The molecule has 2 aliphatic heterocycles. The van der Waals surface area contributed by atoms with Crippen LogP contribution in [0.1, 0.15) is 46.0 Å². The summed E-state index contributed by atoms with van der Waals surface area (Å²) in [4.78, 5) is 9.55. The molecule has 0 atom stereocenters. The van der Waals surface area contributed by atoms with Gasteiger partial charge in [0.05, 0.1) is 6.61 Å². The Labute approximate surface area is 183 Å². The highest BCUT2D eigenvalue weighted by atomic mass is 127. The van der Waals surface area contributed by atoms with Crippen LogP contribution in [0.5, 0.6) is 0 Å². The summed E-state index contributed by atoms with van der Waals surface area (Å²) in [5, 5.41) is 7.10. The van der Waals surface area contributed by atoms with Gasteiger partial charge in [0.1, 0.15) is 0 Å². The number of nitrogens with zero attached hydrogens (tertiary/aromatic N) is 3. The molecule has 0 amide bonds. The fraction of sp³-hybridized carbons (Fsp3) is 0.950. The average molecular weight is 495 g/mol. The monoisotopic (exact) mass is 495 g/mol. The number of halogens is 1. The van der Waals surface area contributed by atoms with Crippen molar-refractivity contribution in [2.75, 3.05) is 66.6 Å². The van der Waals surface area contributed by atoms with Crippen LogP contribution in [-0.4, -0.2) is 87.9 Å². The normalized spacial score (nSPS) is 21.0. The zero-order valence-corrected chi connectivity index (χ0v) is 20.3. The lowest BCUT2D eigenvalue weighted by Crippen LogP contribution is -2.55. The third kappa shape index (κ3) is 8.83. The van der Waals surface area contributed by atoms with Gasteiger partial charge in [0, 0.05) is 39.3 Å². The van der Waals surface area contributed by atoms with Crippen LogP contribution >= 0.6 is 24.0 Å². The van der Waals surface area contributed by atoms with E-state index in [1.54, 1.807) is 7.11 Å². The molecule has 0 bridgehead atoms. The molecule has 2 N–H and O–H groups in total. The first kappa shape index (κ1) is 24.9. The van der Waals surface area contributed by atoms with Crippen LogP contribution in [0.3, 0.4) is 0 Å². The van der Waals surface area contributed by atoms with Gasteiger partial charge < -0.3 is 20.3 Å². The van der Waals surface area contributed by atoms with E-state index in [4.69, 9.17) is 4.74 Å². The van der Waals surface area contributed by atoms with Crippen LogP contribution in [0.25, 0.3) is 0 Å². The van der Waals surface area contributed by atoms with Gasteiger partial charge >= 0.3 is 0 Å². The van der Waals surface area contributed by atoms with E-state index in [0.29, 0.717) is 0 Å². The lowest BCUT2D eigenvalue weighted by molar-refractivity contribution is 0.0981. The summed E-state index contributed by atoms with van der Waals surface area (Å²) >= 11 is 0. The van der Waals surface area contributed by atoms with Crippen LogP contribution in [-0.2, 0) is 4.74 Å². The van der Waals surface area contributed by atoms with Crippen molar-refractivity contribution in [1.29, 1.82) is 0 Å². The van der Waals surface area contributed by atoms with E-state index in [2.05, 4.69) is 39.3 Å². The summed E-state index contributed by atoms with van der Waals surface area (Å²) in [6.45, 7) is 13.3. The summed E-state index contributed by atoms with van der Waals surface area (Å²) in [6, 6.07) is 0. The first-order valence-electron chi connectivity index (χ1n) is 10.5. The molecule has 160 valence electrons. The number of hydrogen-bond donors (Lipinski definition) is 2. The summed E-state index contributed by atoms with van der Waals surface area (Å²) < 4.78 is 5.18. The van der Waals surface area contributed by atoms with E-state index >= 15 is 0 Å². The molecule has 6 nitrogen and oxygen atoms in total. The molecule has 2 fully saturated rings. The summed E-state index contributed by atoms with van der Waals surface area (Å²) in [7, 11) is 3.65. The number of aliphatic imine (C=N–C) groups is 1. The molecule has 0 radical (unpaired) electrons. The topological polar surface area (TPSA) is 52.1 Å². The molecule has 7 heteroatoms. The first-order valence-corrected chi connectivity index (χ1v) is 10.5. The maximum Gasteiger partial charge on any atom is 0.191 e. The van der Waals surface area contributed by atoms with Gasteiger partial charge in [-0.3, -0.25) is 9.89 Å². The van der Waals surface area contributed by atoms with Crippen LogP contribution in [0.4, 0.5) is 0 Å². The number of piperidine rings is 2. The van der Waals surface area contributed by atoms with E-state index < -0.39 is 0 Å². The predicted molar refractivity (Wildman–Crippen MR) is 125 cm³/mol. The Kier molecular flexibility index (Phi) is 12.2. The van der Waals surface area contributed by atoms with Gasteiger partial charge in [-0.25, -0.2) is 0 Å². The maximum absolute atomic E-state index is 5.18. The summed E-state index contributed by atoms with van der Waals surface area (Å²) in [6.07, 6.45) is 6.56. The van der Waals surface area contributed by atoms with Crippen molar-refractivity contribution in [3.8, 4) is 0 Å². The third-order valence-corrected chi connectivity index (χ3v) is 6.00. The Morgan fingerprint density at radius 1 is 1.07 bits per heavy atom. The van der Waals surface area contributed by atoms with Gasteiger partial charge in [-0.15, -0.1) is 24.0 Å². The Balaban J connectivity index is 0.00000364. The largest absolute Gasteiger partial charge is 0.383 e. The van der Waals surface area contributed by atoms with Gasteiger partial charge in [-0.05, 0) is 71.6 Å². The molecule has 0 unspecified atom stereocenters. The number of methoxy groups -OCH3 is 1. The number of rotatable bonds is 8.